The molecule has 0 bridgehead atoms. The first kappa shape index (κ1) is 14.9. The quantitative estimate of drug-likeness (QED) is 0.811. The first-order chi connectivity index (χ1) is 10.0. The molecule has 0 unspecified atom stereocenters. The molecule has 0 heterocycles. The SMILES string of the molecule is NC(=O)Cc1ccc(NC(=O)Nc2cccc(Cl)c2)cc1. The fourth-order valence-electron chi connectivity index (χ4n) is 1.77. The van der Waals surface area contributed by atoms with Gasteiger partial charge in [0.25, 0.3) is 0 Å². The number of carbonyl (C=O) groups is 2. The Bertz CT molecular complexity index is 656. The zero-order chi connectivity index (χ0) is 15.2. The molecule has 0 spiro atoms. The summed E-state index contributed by atoms with van der Waals surface area (Å²) in [4.78, 5) is 22.6. The van der Waals surface area contributed by atoms with E-state index in [1.165, 1.54) is 0 Å². The van der Waals surface area contributed by atoms with Gasteiger partial charge >= 0.3 is 6.03 Å². The average Bonchev–Trinajstić information content (AvgIpc) is 2.40. The van der Waals surface area contributed by atoms with Gasteiger partial charge in [0, 0.05) is 16.4 Å². The van der Waals surface area contributed by atoms with Gasteiger partial charge in [-0.2, -0.15) is 0 Å². The van der Waals surface area contributed by atoms with E-state index in [0.29, 0.717) is 16.4 Å². The third kappa shape index (κ3) is 4.81. The second-order valence-electron chi connectivity index (χ2n) is 4.43. The molecule has 0 radical (unpaired) electrons. The Hall–Kier alpha value is -2.53. The first-order valence-electron chi connectivity index (χ1n) is 6.24. The number of primary amides is 1. The van der Waals surface area contributed by atoms with Gasteiger partial charge in [0.05, 0.1) is 6.42 Å². The lowest BCUT2D eigenvalue weighted by molar-refractivity contribution is -0.117. The summed E-state index contributed by atoms with van der Waals surface area (Å²) in [5.74, 6) is -0.394. The van der Waals surface area contributed by atoms with Crippen LogP contribution < -0.4 is 16.4 Å². The fourth-order valence-corrected chi connectivity index (χ4v) is 1.96. The molecule has 2 aromatic carbocycles. The second-order valence-corrected chi connectivity index (χ2v) is 4.87. The summed E-state index contributed by atoms with van der Waals surface area (Å²) in [7, 11) is 0. The van der Waals surface area contributed by atoms with Crippen molar-refractivity contribution in [3.8, 4) is 0 Å². The second kappa shape index (κ2) is 6.76. The minimum atomic E-state index is -0.394. The smallest absolute Gasteiger partial charge is 0.323 e. The Morgan fingerprint density at radius 2 is 1.67 bits per heavy atom. The number of carbonyl (C=O) groups excluding carboxylic acids is 2. The lowest BCUT2D eigenvalue weighted by Crippen LogP contribution is -2.19. The molecule has 2 aromatic rings. The van der Waals surface area contributed by atoms with Gasteiger partial charge in [0.15, 0.2) is 0 Å². The normalized spacial score (nSPS) is 9.95. The Kier molecular flexibility index (Phi) is 4.79. The minimum absolute atomic E-state index is 0.176. The highest BCUT2D eigenvalue weighted by Gasteiger charge is 2.04. The molecule has 0 aromatic heterocycles. The number of hydrogen-bond acceptors (Lipinski definition) is 2. The summed E-state index contributed by atoms with van der Waals surface area (Å²) in [6.45, 7) is 0. The maximum Gasteiger partial charge on any atom is 0.323 e. The molecule has 4 N–H and O–H groups in total. The van der Waals surface area contributed by atoms with Crippen LogP contribution in [0, 0.1) is 0 Å². The molecule has 0 saturated carbocycles. The molecule has 0 saturated heterocycles. The number of nitrogens with one attached hydrogen (secondary N) is 2. The van der Waals surface area contributed by atoms with Gasteiger partial charge in [-0.15, -0.1) is 0 Å². The molecular weight excluding hydrogens is 290 g/mol. The van der Waals surface area contributed by atoms with Crippen LogP contribution >= 0.6 is 11.6 Å². The van der Waals surface area contributed by atoms with Crippen molar-refractivity contribution in [3.05, 3.63) is 59.1 Å². The first-order valence-corrected chi connectivity index (χ1v) is 6.61. The zero-order valence-electron chi connectivity index (χ0n) is 11.1. The van der Waals surface area contributed by atoms with E-state index in [9.17, 15) is 9.59 Å². The third-order valence-corrected chi connectivity index (χ3v) is 2.91. The van der Waals surface area contributed by atoms with E-state index in [2.05, 4.69) is 10.6 Å². The highest BCUT2D eigenvalue weighted by Crippen LogP contribution is 2.15. The average molecular weight is 304 g/mol. The van der Waals surface area contributed by atoms with Crippen LogP contribution in [0.4, 0.5) is 16.2 Å². The summed E-state index contributed by atoms with van der Waals surface area (Å²) < 4.78 is 0. The van der Waals surface area contributed by atoms with E-state index >= 15 is 0 Å². The number of nitrogens with two attached hydrogens (primary N) is 1. The maximum atomic E-state index is 11.8. The van der Waals surface area contributed by atoms with E-state index in [4.69, 9.17) is 17.3 Å². The minimum Gasteiger partial charge on any atom is -0.369 e. The molecule has 0 aliphatic rings. The van der Waals surface area contributed by atoms with Crippen LogP contribution in [-0.2, 0) is 11.2 Å². The van der Waals surface area contributed by atoms with Gasteiger partial charge < -0.3 is 16.4 Å². The van der Waals surface area contributed by atoms with Crippen molar-refractivity contribution in [2.75, 3.05) is 10.6 Å². The lowest BCUT2D eigenvalue weighted by atomic mass is 10.1. The van der Waals surface area contributed by atoms with Crippen molar-refractivity contribution in [1.29, 1.82) is 0 Å². The third-order valence-electron chi connectivity index (χ3n) is 2.67. The van der Waals surface area contributed by atoms with Gasteiger partial charge in [0.1, 0.15) is 0 Å². The molecule has 0 aliphatic heterocycles. The van der Waals surface area contributed by atoms with Crippen LogP contribution in [-0.4, -0.2) is 11.9 Å². The van der Waals surface area contributed by atoms with Gasteiger partial charge in [-0.25, -0.2) is 4.79 Å². The van der Waals surface area contributed by atoms with E-state index in [1.54, 1.807) is 48.5 Å². The Morgan fingerprint density at radius 1 is 1.00 bits per heavy atom. The van der Waals surface area contributed by atoms with Gasteiger partial charge in [-0.05, 0) is 35.9 Å². The van der Waals surface area contributed by atoms with Crippen LogP contribution in [0.2, 0.25) is 5.02 Å². The van der Waals surface area contributed by atoms with E-state index in [0.717, 1.165) is 5.56 Å². The Labute approximate surface area is 127 Å². The predicted molar refractivity (Wildman–Crippen MR) is 83.4 cm³/mol. The standard InChI is InChI=1S/C15H14ClN3O2/c16-11-2-1-3-13(9-11)19-15(21)18-12-6-4-10(5-7-12)8-14(17)20/h1-7,9H,8H2,(H2,17,20)(H2,18,19,21). The van der Waals surface area contributed by atoms with Crippen molar-refractivity contribution in [2.45, 2.75) is 6.42 Å². The van der Waals surface area contributed by atoms with Crippen molar-refractivity contribution in [2.24, 2.45) is 5.73 Å². The molecular formula is C15H14ClN3O2. The van der Waals surface area contributed by atoms with Crippen molar-refractivity contribution in [1.82, 2.24) is 0 Å². The Balaban J connectivity index is 1.95. The molecule has 5 nitrogen and oxygen atoms in total. The predicted octanol–water partition coefficient (Wildman–Crippen LogP) is 3.01. The number of halogens is 1. The van der Waals surface area contributed by atoms with Crippen molar-refractivity contribution in [3.63, 3.8) is 0 Å². The molecule has 0 atom stereocenters. The summed E-state index contributed by atoms with van der Waals surface area (Å²) >= 11 is 5.84. The number of urea groups is 1. The van der Waals surface area contributed by atoms with Crippen LogP contribution in [0.5, 0.6) is 0 Å². The van der Waals surface area contributed by atoms with E-state index < -0.39 is 5.91 Å². The summed E-state index contributed by atoms with van der Waals surface area (Å²) in [6.07, 6.45) is 0.176. The zero-order valence-corrected chi connectivity index (χ0v) is 11.9. The molecule has 2 rings (SSSR count). The molecule has 0 aliphatic carbocycles. The number of amides is 3. The van der Waals surface area contributed by atoms with E-state index in [1.807, 2.05) is 0 Å². The number of benzene rings is 2. The van der Waals surface area contributed by atoms with Crippen molar-refractivity contribution >= 4 is 34.9 Å². The number of rotatable bonds is 4. The van der Waals surface area contributed by atoms with Gasteiger partial charge in [-0.3, -0.25) is 4.79 Å². The van der Waals surface area contributed by atoms with Crippen molar-refractivity contribution < 1.29 is 9.59 Å². The van der Waals surface area contributed by atoms with E-state index in [-0.39, 0.29) is 12.5 Å². The molecule has 0 fully saturated rings. The lowest BCUT2D eigenvalue weighted by Gasteiger charge is -2.08. The van der Waals surface area contributed by atoms with Crippen LogP contribution in [0.1, 0.15) is 5.56 Å². The maximum absolute atomic E-state index is 11.8. The van der Waals surface area contributed by atoms with Gasteiger partial charge in [-0.1, -0.05) is 29.8 Å². The number of anilines is 2. The summed E-state index contributed by atoms with van der Waals surface area (Å²) in [5.41, 5.74) is 7.12. The molecule has 3 amide bonds. The largest absolute Gasteiger partial charge is 0.369 e. The molecule has 21 heavy (non-hydrogen) atoms. The highest BCUT2D eigenvalue weighted by atomic mass is 35.5. The topological polar surface area (TPSA) is 84.2 Å². The van der Waals surface area contributed by atoms with Crippen LogP contribution in [0.25, 0.3) is 0 Å². The highest BCUT2D eigenvalue weighted by molar-refractivity contribution is 6.30. The van der Waals surface area contributed by atoms with Gasteiger partial charge in [0.2, 0.25) is 5.91 Å². The molecule has 108 valence electrons. The van der Waals surface area contributed by atoms with Crippen LogP contribution in [0.3, 0.4) is 0 Å². The summed E-state index contributed by atoms with van der Waals surface area (Å²) in [5, 5.41) is 5.90. The van der Waals surface area contributed by atoms with Crippen LogP contribution in [0.15, 0.2) is 48.5 Å². The monoisotopic (exact) mass is 303 g/mol. The Morgan fingerprint density at radius 3 is 2.29 bits per heavy atom. The number of hydrogen-bond donors (Lipinski definition) is 3. The fraction of sp³-hybridized carbons (Fsp3) is 0.0667. The molecule has 6 heteroatoms. The summed E-state index contributed by atoms with van der Waals surface area (Å²) in [6, 6.07) is 13.4.